The maximum absolute atomic E-state index is 12.3. The van der Waals surface area contributed by atoms with Crippen LogP contribution in [0.25, 0.3) is 0 Å². The summed E-state index contributed by atoms with van der Waals surface area (Å²) < 4.78 is 0. The second-order valence-corrected chi connectivity index (χ2v) is 6.17. The summed E-state index contributed by atoms with van der Waals surface area (Å²) in [5.74, 6) is -0.504. The Bertz CT molecular complexity index is 366. The molecule has 108 valence electrons. The van der Waals surface area contributed by atoms with Crippen molar-refractivity contribution in [1.82, 2.24) is 9.80 Å². The molecule has 5 heteroatoms. The Labute approximate surface area is 114 Å². The summed E-state index contributed by atoms with van der Waals surface area (Å²) in [4.78, 5) is 27.5. The van der Waals surface area contributed by atoms with Crippen molar-refractivity contribution in [3.05, 3.63) is 0 Å². The van der Waals surface area contributed by atoms with Gasteiger partial charge in [-0.25, -0.2) is 0 Å². The van der Waals surface area contributed by atoms with Crippen LogP contribution in [-0.2, 0) is 9.59 Å². The number of hydrogen-bond donors (Lipinski definition) is 1. The highest BCUT2D eigenvalue weighted by molar-refractivity contribution is 6.02. The van der Waals surface area contributed by atoms with E-state index in [0.717, 1.165) is 25.9 Å². The van der Waals surface area contributed by atoms with E-state index >= 15 is 0 Å². The SMILES string of the molecule is CN1CCC(CCN(C)C(=O)C2(C(=O)O)CCC2)C1. The lowest BCUT2D eigenvalue weighted by atomic mass is 9.68. The number of rotatable bonds is 5. The van der Waals surface area contributed by atoms with Gasteiger partial charge in [-0.1, -0.05) is 6.42 Å². The lowest BCUT2D eigenvalue weighted by Gasteiger charge is -2.39. The molecule has 0 aromatic carbocycles. The lowest BCUT2D eigenvalue weighted by molar-refractivity contribution is -0.166. The van der Waals surface area contributed by atoms with E-state index in [1.807, 2.05) is 0 Å². The molecule has 0 bridgehead atoms. The van der Waals surface area contributed by atoms with Crippen LogP contribution in [0.1, 0.15) is 32.1 Å². The number of amides is 1. The second kappa shape index (κ2) is 5.49. The highest BCUT2D eigenvalue weighted by atomic mass is 16.4. The third kappa shape index (κ3) is 2.76. The average Bonchev–Trinajstić information content (AvgIpc) is 2.69. The van der Waals surface area contributed by atoms with Crippen LogP contribution in [0.15, 0.2) is 0 Å². The van der Waals surface area contributed by atoms with Gasteiger partial charge in [0.2, 0.25) is 5.91 Å². The molecular weight excluding hydrogens is 244 g/mol. The van der Waals surface area contributed by atoms with E-state index in [4.69, 9.17) is 0 Å². The third-order valence-corrected chi connectivity index (χ3v) is 4.73. The van der Waals surface area contributed by atoms with Crippen molar-refractivity contribution in [2.45, 2.75) is 32.1 Å². The first-order valence-corrected chi connectivity index (χ1v) is 7.13. The number of nitrogens with zero attached hydrogens (tertiary/aromatic N) is 2. The number of hydrogen-bond acceptors (Lipinski definition) is 3. The van der Waals surface area contributed by atoms with E-state index in [1.54, 1.807) is 11.9 Å². The Balaban J connectivity index is 1.84. The maximum atomic E-state index is 12.3. The average molecular weight is 268 g/mol. The van der Waals surface area contributed by atoms with Gasteiger partial charge in [0, 0.05) is 20.1 Å². The summed E-state index contributed by atoms with van der Waals surface area (Å²) in [6.45, 7) is 2.89. The van der Waals surface area contributed by atoms with Gasteiger partial charge in [0.25, 0.3) is 0 Å². The van der Waals surface area contributed by atoms with Gasteiger partial charge in [-0.3, -0.25) is 9.59 Å². The molecule has 19 heavy (non-hydrogen) atoms. The molecule has 1 unspecified atom stereocenters. The van der Waals surface area contributed by atoms with Crippen molar-refractivity contribution >= 4 is 11.9 Å². The zero-order valence-electron chi connectivity index (χ0n) is 11.9. The highest BCUT2D eigenvalue weighted by Crippen LogP contribution is 2.42. The van der Waals surface area contributed by atoms with E-state index < -0.39 is 11.4 Å². The smallest absolute Gasteiger partial charge is 0.319 e. The zero-order valence-corrected chi connectivity index (χ0v) is 11.9. The molecule has 1 heterocycles. The van der Waals surface area contributed by atoms with Crippen molar-refractivity contribution in [2.75, 3.05) is 33.7 Å². The minimum Gasteiger partial charge on any atom is -0.480 e. The van der Waals surface area contributed by atoms with E-state index in [0.29, 0.717) is 25.3 Å². The van der Waals surface area contributed by atoms with Crippen molar-refractivity contribution < 1.29 is 14.7 Å². The molecule has 1 saturated heterocycles. The molecule has 0 spiro atoms. The molecule has 0 radical (unpaired) electrons. The summed E-state index contributed by atoms with van der Waals surface area (Å²) in [6, 6.07) is 0. The van der Waals surface area contributed by atoms with Crippen molar-refractivity contribution in [3.8, 4) is 0 Å². The van der Waals surface area contributed by atoms with Gasteiger partial charge in [-0.2, -0.15) is 0 Å². The summed E-state index contributed by atoms with van der Waals surface area (Å²) in [7, 11) is 3.85. The van der Waals surface area contributed by atoms with Crippen LogP contribution in [-0.4, -0.2) is 60.5 Å². The summed E-state index contributed by atoms with van der Waals surface area (Å²) in [5.41, 5.74) is -1.11. The largest absolute Gasteiger partial charge is 0.480 e. The first-order valence-electron chi connectivity index (χ1n) is 7.13. The molecule has 5 nitrogen and oxygen atoms in total. The van der Waals surface area contributed by atoms with Crippen LogP contribution < -0.4 is 0 Å². The summed E-state index contributed by atoms with van der Waals surface area (Å²) in [5, 5.41) is 9.26. The molecule has 2 aliphatic rings. The van der Waals surface area contributed by atoms with Gasteiger partial charge in [0.05, 0.1) is 0 Å². The van der Waals surface area contributed by atoms with E-state index in [2.05, 4.69) is 11.9 Å². The Kier molecular flexibility index (Phi) is 4.13. The van der Waals surface area contributed by atoms with Gasteiger partial charge in [-0.05, 0) is 45.2 Å². The first-order chi connectivity index (χ1) is 8.95. The van der Waals surface area contributed by atoms with Crippen molar-refractivity contribution in [3.63, 3.8) is 0 Å². The number of likely N-dealkylation sites (tertiary alicyclic amines) is 1. The van der Waals surface area contributed by atoms with Gasteiger partial charge < -0.3 is 14.9 Å². The highest BCUT2D eigenvalue weighted by Gasteiger charge is 2.52. The van der Waals surface area contributed by atoms with Crippen LogP contribution in [0.3, 0.4) is 0 Å². The molecule has 1 aliphatic carbocycles. The van der Waals surface area contributed by atoms with Crippen LogP contribution in [0.4, 0.5) is 0 Å². The standard InChI is InChI=1S/C14H24N2O3/c1-15-8-4-11(10-15)5-9-16(2)12(17)14(13(18)19)6-3-7-14/h11H,3-10H2,1-2H3,(H,18,19). The second-order valence-electron chi connectivity index (χ2n) is 6.17. The molecular formula is C14H24N2O3. The Morgan fingerprint density at radius 1 is 1.42 bits per heavy atom. The molecule has 1 N–H and O–H groups in total. The molecule has 2 fully saturated rings. The minimum absolute atomic E-state index is 0.197. The molecule has 2 rings (SSSR count). The Morgan fingerprint density at radius 3 is 2.53 bits per heavy atom. The number of carbonyl (C=O) groups is 2. The fourth-order valence-corrected chi connectivity index (χ4v) is 3.15. The molecule has 1 saturated carbocycles. The summed E-state index contributed by atoms with van der Waals surface area (Å²) in [6.07, 6.45) is 4.00. The lowest BCUT2D eigenvalue weighted by Crippen LogP contribution is -2.51. The van der Waals surface area contributed by atoms with Crippen molar-refractivity contribution in [1.29, 1.82) is 0 Å². The van der Waals surface area contributed by atoms with Crippen LogP contribution in [0.5, 0.6) is 0 Å². The van der Waals surface area contributed by atoms with E-state index in [-0.39, 0.29) is 5.91 Å². The summed E-state index contributed by atoms with van der Waals surface area (Å²) >= 11 is 0. The third-order valence-electron chi connectivity index (χ3n) is 4.73. The number of carbonyl (C=O) groups excluding carboxylic acids is 1. The number of carboxylic acids is 1. The van der Waals surface area contributed by atoms with Crippen LogP contribution >= 0.6 is 0 Å². The van der Waals surface area contributed by atoms with Crippen LogP contribution in [0.2, 0.25) is 0 Å². The quantitative estimate of drug-likeness (QED) is 0.757. The van der Waals surface area contributed by atoms with Gasteiger partial charge in [0.15, 0.2) is 0 Å². The van der Waals surface area contributed by atoms with Gasteiger partial charge in [-0.15, -0.1) is 0 Å². The maximum Gasteiger partial charge on any atom is 0.319 e. The molecule has 0 aromatic heterocycles. The molecule has 0 aromatic rings. The number of aliphatic carboxylic acids is 1. The first kappa shape index (κ1) is 14.3. The topological polar surface area (TPSA) is 60.9 Å². The zero-order chi connectivity index (χ0) is 14.0. The normalized spacial score (nSPS) is 25.9. The van der Waals surface area contributed by atoms with Gasteiger partial charge in [0.1, 0.15) is 5.41 Å². The molecule has 1 atom stereocenters. The fraction of sp³-hybridized carbons (Fsp3) is 0.857. The molecule has 1 amide bonds. The van der Waals surface area contributed by atoms with Crippen molar-refractivity contribution in [2.24, 2.45) is 11.3 Å². The van der Waals surface area contributed by atoms with E-state index in [1.165, 1.54) is 6.42 Å². The predicted molar refractivity (Wildman–Crippen MR) is 71.8 cm³/mol. The Morgan fingerprint density at radius 2 is 2.11 bits per heavy atom. The van der Waals surface area contributed by atoms with E-state index in [9.17, 15) is 14.7 Å². The fourth-order valence-electron chi connectivity index (χ4n) is 3.15. The Hall–Kier alpha value is -1.10. The number of carboxylic acid groups (broad SMARTS) is 1. The molecule has 1 aliphatic heterocycles. The monoisotopic (exact) mass is 268 g/mol. The predicted octanol–water partition coefficient (Wildman–Crippen LogP) is 1.04. The van der Waals surface area contributed by atoms with Crippen LogP contribution in [0, 0.1) is 11.3 Å². The van der Waals surface area contributed by atoms with Gasteiger partial charge >= 0.3 is 5.97 Å². The minimum atomic E-state index is -1.11.